The number of hydrogen-bond donors (Lipinski definition) is 2. The van der Waals surface area contributed by atoms with Crippen molar-refractivity contribution in [2.45, 2.75) is 0 Å². The number of benzene rings is 6. The van der Waals surface area contributed by atoms with Gasteiger partial charge in [0, 0.05) is 33.5 Å². The summed E-state index contributed by atoms with van der Waals surface area (Å²) in [5.74, 6) is 0. The van der Waals surface area contributed by atoms with Gasteiger partial charge in [-0.1, -0.05) is 91.0 Å². The quantitative estimate of drug-likeness (QED) is 0.218. The van der Waals surface area contributed by atoms with Crippen molar-refractivity contribution in [3.8, 4) is 16.8 Å². The molecular weight excluding hydrogens is 503 g/mol. The van der Waals surface area contributed by atoms with Crippen molar-refractivity contribution in [3.63, 3.8) is 0 Å². The van der Waals surface area contributed by atoms with E-state index in [0.717, 1.165) is 44.7 Å². The Morgan fingerprint density at radius 1 is 0.463 bits per heavy atom. The highest BCUT2D eigenvalue weighted by Gasteiger charge is 2.18. The molecule has 0 radical (unpaired) electrons. The molecular formula is C36H27BN2O2. The molecule has 7 aromatic rings. The van der Waals surface area contributed by atoms with Gasteiger partial charge in [0.15, 0.2) is 0 Å². The van der Waals surface area contributed by atoms with Gasteiger partial charge in [0.1, 0.15) is 0 Å². The summed E-state index contributed by atoms with van der Waals surface area (Å²) in [4.78, 5) is 2.20. The van der Waals surface area contributed by atoms with Gasteiger partial charge in [-0.05, 0) is 77.3 Å². The van der Waals surface area contributed by atoms with Crippen molar-refractivity contribution in [2.24, 2.45) is 0 Å². The number of aromatic nitrogens is 1. The summed E-state index contributed by atoms with van der Waals surface area (Å²) >= 11 is 0. The van der Waals surface area contributed by atoms with E-state index in [0.29, 0.717) is 5.46 Å². The first-order valence-electron chi connectivity index (χ1n) is 13.7. The molecule has 0 bridgehead atoms. The third-order valence-electron chi connectivity index (χ3n) is 7.61. The summed E-state index contributed by atoms with van der Waals surface area (Å²) in [6.07, 6.45) is 0. The van der Waals surface area contributed by atoms with E-state index in [1.807, 2.05) is 36.4 Å². The maximum atomic E-state index is 9.68. The topological polar surface area (TPSA) is 48.6 Å². The van der Waals surface area contributed by atoms with E-state index < -0.39 is 7.12 Å². The second-order valence-corrected chi connectivity index (χ2v) is 10.1. The number of para-hydroxylation sites is 2. The van der Waals surface area contributed by atoms with Crippen LogP contribution >= 0.6 is 0 Å². The van der Waals surface area contributed by atoms with Gasteiger partial charge in [-0.25, -0.2) is 0 Å². The van der Waals surface area contributed by atoms with Gasteiger partial charge in [0.2, 0.25) is 0 Å². The minimum absolute atomic E-state index is 0.453. The molecule has 1 aromatic heterocycles. The maximum Gasteiger partial charge on any atom is 0.488 e. The fourth-order valence-electron chi connectivity index (χ4n) is 5.63. The van der Waals surface area contributed by atoms with Crippen LogP contribution in [0.5, 0.6) is 0 Å². The van der Waals surface area contributed by atoms with E-state index in [1.54, 1.807) is 12.1 Å². The highest BCUT2D eigenvalue weighted by atomic mass is 16.4. The van der Waals surface area contributed by atoms with E-state index in [1.165, 1.54) is 10.9 Å². The molecule has 0 atom stereocenters. The Hall–Kier alpha value is -5.10. The van der Waals surface area contributed by atoms with Crippen molar-refractivity contribution in [1.29, 1.82) is 0 Å². The normalized spacial score (nSPS) is 11.2. The molecule has 0 unspecified atom stereocenters. The SMILES string of the molecule is OB(O)c1ccc(N(c2ccc(-c3ccccc3)cc2)c2ccc3c(c2)c2ccccc2n3-c2ccccc2)cc1. The smallest absolute Gasteiger partial charge is 0.423 e. The van der Waals surface area contributed by atoms with Gasteiger partial charge in [0.25, 0.3) is 0 Å². The summed E-state index contributed by atoms with van der Waals surface area (Å²) in [5, 5.41) is 21.7. The lowest BCUT2D eigenvalue weighted by Gasteiger charge is -2.26. The summed E-state index contributed by atoms with van der Waals surface area (Å²) in [6.45, 7) is 0. The van der Waals surface area contributed by atoms with Crippen LogP contribution < -0.4 is 10.4 Å². The minimum Gasteiger partial charge on any atom is -0.423 e. The molecule has 6 aromatic carbocycles. The van der Waals surface area contributed by atoms with Crippen molar-refractivity contribution < 1.29 is 10.0 Å². The molecule has 0 aliphatic carbocycles. The minimum atomic E-state index is -1.51. The molecule has 5 heteroatoms. The van der Waals surface area contributed by atoms with Gasteiger partial charge < -0.3 is 19.5 Å². The average molecular weight is 530 g/mol. The Kier molecular flexibility index (Phi) is 6.36. The van der Waals surface area contributed by atoms with Gasteiger partial charge in [-0.2, -0.15) is 0 Å². The highest BCUT2D eigenvalue weighted by Crippen LogP contribution is 2.40. The molecule has 0 saturated carbocycles. The molecule has 0 aliphatic heterocycles. The Morgan fingerprint density at radius 3 is 1.68 bits per heavy atom. The predicted octanol–water partition coefficient (Wildman–Crippen LogP) is 7.60. The largest absolute Gasteiger partial charge is 0.488 e. The molecule has 7 rings (SSSR count). The van der Waals surface area contributed by atoms with E-state index in [-0.39, 0.29) is 0 Å². The summed E-state index contributed by atoms with van der Waals surface area (Å²) in [7, 11) is -1.51. The fourth-order valence-corrected chi connectivity index (χ4v) is 5.63. The Labute approximate surface area is 239 Å². The average Bonchev–Trinajstić information content (AvgIpc) is 3.36. The lowest BCUT2D eigenvalue weighted by molar-refractivity contribution is 0.426. The molecule has 0 saturated heterocycles. The lowest BCUT2D eigenvalue weighted by Crippen LogP contribution is -2.29. The van der Waals surface area contributed by atoms with Crippen LogP contribution in [0.2, 0.25) is 0 Å². The van der Waals surface area contributed by atoms with Crippen LogP contribution in [0.15, 0.2) is 152 Å². The molecule has 2 N–H and O–H groups in total. The Morgan fingerprint density at radius 2 is 1.00 bits per heavy atom. The van der Waals surface area contributed by atoms with Crippen LogP contribution in [0.4, 0.5) is 17.1 Å². The molecule has 0 spiro atoms. The molecule has 4 nitrogen and oxygen atoms in total. The van der Waals surface area contributed by atoms with E-state index in [2.05, 4.69) is 113 Å². The molecule has 0 aliphatic rings. The third kappa shape index (κ3) is 4.57. The van der Waals surface area contributed by atoms with Crippen molar-refractivity contribution in [2.75, 3.05) is 4.90 Å². The molecule has 41 heavy (non-hydrogen) atoms. The second-order valence-electron chi connectivity index (χ2n) is 10.1. The summed E-state index contributed by atoms with van der Waals surface area (Å²) in [5.41, 5.74) is 9.13. The Bertz CT molecular complexity index is 1950. The predicted molar refractivity (Wildman–Crippen MR) is 171 cm³/mol. The van der Waals surface area contributed by atoms with E-state index >= 15 is 0 Å². The van der Waals surface area contributed by atoms with Gasteiger partial charge >= 0.3 is 7.12 Å². The van der Waals surface area contributed by atoms with E-state index in [4.69, 9.17) is 0 Å². The zero-order valence-electron chi connectivity index (χ0n) is 22.3. The lowest BCUT2D eigenvalue weighted by atomic mass is 9.80. The monoisotopic (exact) mass is 530 g/mol. The van der Waals surface area contributed by atoms with Crippen molar-refractivity contribution >= 4 is 51.4 Å². The van der Waals surface area contributed by atoms with Crippen LogP contribution in [0.3, 0.4) is 0 Å². The van der Waals surface area contributed by atoms with Crippen LogP contribution in [-0.4, -0.2) is 21.7 Å². The zero-order valence-corrected chi connectivity index (χ0v) is 22.3. The molecule has 0 amide bonds. The number of rotatable bonds is 6. The highest BCUT2D eigenvalue weighted by molar-refractivity contribution is 6.58. The third-order valence-corrected chi connectivity index (χ3v) is 7.61. The first kappa shape index (κ1) is 24.9. The maximum absolute atomic E-state index is 9.68. The number of fused-ring (bicyclic) bond motifs is 3. The van der Waals surface area contributed by atoms with Gasteiger partial charge in [-0.3, -0.25) is 0 Å². The van der Waals surface area contributed by atoms with Crippen molar-refractivity contribution in [1.82, 2.24) is 4.57 Å². The number of nitrogens with zero attached hydrogens (tertiary/aromatic N) is 2. The first-order chi connectivity index (χ1) is 20.2. The second kappa shape index (κ2) is 10.5. The molecule has 0 fully saturated rings. The van der Waals surface area contributed by atoms with Gasteiger partial charge in [-0.15, -0.1) is 0 Å². The zero-order chi connectivity index (χ0) is 27.8. The van der Waals surface area contributed by atoms with Crippen molar-refractivity contribution in [3.05, 3.63) is 152 Å². The number of anilines is 3. The summed E-state index contributed by atoms with van der Waals surface area (Å²) < 4.78 is 2.31. The van der Waals surface area contributed by atoms with E-state index in [9.17, 15) is 10.0 Å². The molecule has 1 heterocycles. The van der Waals surface area contributed by atoms with Crippen LogP contribution in [0.25, 0.3) is 38.6 Å². The first-order valence-corrected chi connectivity index (χ1v) is 13.7. The van der Waals surface area contributed by atoms with Crippen LogP contribution in [0, 0.1) is 0 Å². The fraction of sp³-hybridized carbons (Fsp3) is 0. The van der Waals surface area contributed by atoms with Crippen LogP contribution in [-0.2, 0) is 0 Å². The van der Waals surface area contributed by atoms with Crippen LogP contribution in [0.1, 0.15) is 0 Å². The van der Waals surface area contributed by atoms with Gasteiger partial charge in [0.05, 0.1) is 11.0 Å². The summed E-state index contributed by atoms with van der Waals surface area (Å²) in [6, 6.07) is 51.8. The number of hydrogen-bond acceptors (Lipinski definition) is 3. The standard InChI is InChI=1S/C36H27BN2O2/c40-37(41)28-17-21-31(22-18-28)38(30-19-15-27(16-20-30)26-9-3-1-4-10-26)32-23-24-36-34(25-32)33-13-7-8-14-35(33)39(36)29-11-5-2-6-12-29/h1-25,40-41H. The molecule has 196 valence electrons. The Balaban J connectivity index is 1.40.